The number of carbonyl (C=O) groups is 1. The van der Waals surface area contributed by atoms with Gasteiger partial charge >= 0.3 is 12.1 Å². The number of nitrogen functional groups attached to an aromatic ring is 1. The molecule has 0 spiro atoms. The maximum absolute atomic E-state index is 12.7. The molecule has 0 amide bonds. The van der Waals surface area contributed by atoms with E-state index in [1.165, 1.54) is 12.1 Å². The molecule has 4 nitrogen and oxygen atoms in total. The molecule has 104 valence electrons. The van der Waals surface area contributed by atoms with Crippen LogP contribution in [0.5, 0.6) is 5.75 Å². The van der Waals surface area contributed by atoms with Gasteiger partial charge in [-0.05, 0) is 31.0 Å². The lowest BCUT2D eigenvalue weighted by atomic mass is 10.1. The predicted molar refractivity (Wildman–Crippen MR) is 61.0 cm³/mol. The molecule has 0 unspecified atom stereocenters. The van der Waals surface area contributed by atoms with Crippen LogP contribution in [0.3, 0.4) is 0 Å². The summed E-state index contributed by atoms with van der Waals surface area (Å²) in [7, 11) is 0. The first-order chi connectivity index (χ1) is 8.75. The maximum atomic E-state index is 12.7. The Morgan fingerprint density at radius 2 is 2.05 bits per heavy atom. The molecule has 0 atom stereocenters. The average molecular weight is 275 g/mol. The molecule has 1 aliphatic rings. The zero-order valence-corrected chi connectivity index (χ0v) is 9.83. The van der Waals surface area contributed by atoms with Crippen molar-refractivity contribution < 1.29 is 27.8 Å². The highest BCUT2D eigenvalue weighted by Gasteiger charge is 2.63. The Labute approximate surface area is 107 Å². The van der Waals surface area contributed by atoms with Crippen molar-refractivity contribution in [3.05, 3.63) is 23.8 Å². The summed E-state index contributed by atoms with van der Waals surface area (Å²) in [5, 5.41) is 8.94. The summed E-state index contributed by atoms with van der Waals surface area (Å²) in [5.41, 5.74) is 3.57. The molecule has 1 aliphatic carbocycles. The van der Waals surface area contributed by atoms with Crippen LogP contribution in [0.2, 0.25) is 0 Å². The van der Waals surface area contributed by atoms with Crippen molar-refractivity contribution in [2.24, 2.45) is 5.41 Å². The molecule has 0 aliphatic heterocycles. The summed E-state index contributed by atoms with van der Waals surface area (Å²) in [6.07, 6.45) is -4.31. The van der Waals surface area contributed by atoms with Crippen molar-refractivity contribution >= 4 is 11.7 Å². The van der Waals surface area contributed by atoms with E-state index in [-0.39, 0.29) is 29.8 Å². The minimum absolute atomic E-state index is 0.00781. The molecule has 1 aromatic rings. The lowest BCUT2D eigenvalue weighted by molar-refractivity contribution is -0.194. The third-order valence-corrected chi connectivity index (χ3v) is 3.19. The van der Waals surface area contributed by atoms with Crippen LogP contribution < -0.4 is 10.5 Å². The Morgan fingerprint density at radius 3 is 2.53 bits per heavy atom. The predicted octanol–water partition coefficient (Wildman–Crippen LogP) is 2.69. The zero-order chi connectivity index (χ0) is 14.3. The lowest BCUT2D eigenvalue weighted by Crippen LogP contribution is -2.30. The summed E-state index contributed by atoms with van der Waals surface area (Å²) >= 11 is 0. The van der Waals surface area contributed by atoms with Crippen LogP contribution in [-0.2, 0) is 0 Å². The molecular formula is C12H12F3NO3. The molecule has 0 saturated heterocycles. The van der Waals surface area contributed by atoms with Crippen LogP contribution in [0.4, 0.5) is 18.9 Å². The summed E-state index contributed by atoms with van der Waals surface area (Å²) in [5.74, 6) is -1.39. The number of anilines is 1. The van der Waals surface area contributed by atoms with Gasteiger partial charge in [-0.15, -0.1) is 0 Å². The molecule has 0 radical (unpaired) electrons. The first kappa shape index (κ1) is 13.5. The van der Waals surface area contributed by atoms with E-state index >= 15 is 0 Å². The van der Waals surface area contributed by atoms with Gasteiger partial charge in [0.15, 0.2) is 0 Å². The maximum Gasteiger partial charge on any atom is 0.397 e. The lowest BCUT2D eigenvalue weighted by Gasteiger charge is -2.20. The third-order valence-electron chi connectivity index (χ3n) is 3.19. The molecule has 7 heteroatoms. The van der Waals surface area contributed by atoms with Crippen molar-refractivity contribution in [2.75, 3.05) is 12.3 Å². The first-order valence-corrected chi connectivity index (χ1v) is 5.57. The standard InChI is InChI=1S/C12H12F3NO3/c13-12(14,15)11(3-4-11)6-19-9-2-1-7(16)5-8(9)10(17)18/h1-2,5H,3-4,6,16H2,(H,17,18). The fourth-order valence-electron chi connectivity index (χ4n) is 1.72. The number of hydrogen-bond donors (Lipinski definition) is 2. The minimum atomic E-state index is -4.33. The van der Waals surface area contributed by atoms with E-state index in [9.17, 15) is 18.0 Å². The Hall–Kier alpha value is -1.92. The largest absolute Gasteiger partial charge is 0.492 e. The highest BCUT2D eigenvalue weighted by atomic mass is 19.4. The number of nitrogens with two attached hydrogens (primary N) is 1. The Kier molecular flexibility index (Phi) is 3.07. The van der Waals surface area contributed by atoms with Gasteiger partial charge in [0.05, 0.1) is 0 Å². The van der Waals surface area contributed by atoms with Gasteiger partial charge in [-0.25, -0.2) is 4.79 Å². The van der Waals surface area contributed by atoms with E-state index in [4.69, 9.17) is 15.6 Å². The van der Waals surface area contributed by atoms with Gasteiger partial charge in [-0.1, -0.05) is 0 Å². The third kappa shape index (κ3) is 2.59. The van der Waals surface area contributed by atoms with Gasteiger partial charge in [0.1, 0.15) is 23.3 Å². The van der Waals surface area contributed by atoms with Crippen molar-refractivity contribution in [1.29, 1.82) is 0 Å². The summed E-state index contributed by atoms with van der Waals surface area (Å²) in [4.78, 5) is 11.0. The zero-order valence-electron chi connectivity index (χ0n) is 9.83. The van der Waals surface area contributed by atoms with E-state index in [2.05, 4.69) is 0 Å². The fraction of sp³-hybridized carbons (Fsp3) is 0.417. The number of hydrogen-bond acceptors (Lipinski definition) is 3. The number of carboxylic acids is 1. The second-order valence-corrected chi connectivity index (χ2v) is 4.63. The van der Waals surface area contributed by atoms with Gasteiger partial charge in [0, 0.05) is 5.69 Å². The van der Waals surface area contributed by atoms with Crippen molar-refractivity contribution in [1.82, 2.24) is 0 Å². The smallest absolute Gasteiger partial charge is 0.397 e. The highest BCUT2D eigenvalue weighted by Crippen LogP contribution is 2.57. The van der Waals surface area contributed by atoms with E-state index in [0.717, 1.165) is 6.07 Å². The Balaban J connectivity index is 2.15. The van der Waals surface area contributed by atoms with Gasteiger partial charge in [-0.2, -0.15) is 13.2 Å². The van der Waals surface area contributed by atoms with Crippen LogP contribution in [0.1, 0.15) is 23.2 Å². The molecule has 2 rings (SSSR count). The number of ether oxygens (including phenoxy) is 1. The van der Waals surface area contributed by atoms with Crippen LogP contribution in [0.25, 0.3) is 0 Å². The first-order valence-electron chi connectivity index (χ1n) is 5.57. The highest BCUT2D eigenvalue weighted by molar-refractivity contribution is 5.92. The van der Waals surface area contributed by atoms with Crippen LogP contribution in [0, 0.1) is 5.41 Å². The number of rotatable bonds is 4. The quantitative estimate of drug-likeness (QED) is 0.829. The fourth-order valence-corrected chi connectivity index (χ4v) is 1.72. The van der Waals surface area contributed by atoms with E-state index in [0.29, 0.717) is 0 Å². The number of halogens is 3. The topological polar surface area (TPSA) is 72.5 Å². The molecule has 0 bridgehead atoms. The van der Waals surface area contributed by atoms with Crippen molar-refractivity contribution in [2.45, 2.75) is 19.0 Å². The minimum Gasteiger partial charge on any atom is -0.492 e. The van der Waals surface area contributed by atoms with Gasteiger partial charge in [0.25, 0.3) is 0 Å². The molecule has 19 heavy (non-hydrogen) atoms. The van der Waals surface area contributed by atoms with Crippen LogP contribution in [-0.4, -0.2) is 23.9 Å². The summed E-state index contributed by atoms with van der Waals surface area (Å²) in [6, 6.07) is 3.81. The van der Waals surface area contributed by atoms with Gasteiger partial charge in [-0.3, -0.25) is 0 Å². The molecule has 0 aromatic heterocycles. The number of aromatic carboxylic acids is 1. The second kappa shape index (κ2) is 4.32. The Bertz CT molecular complexity index is 509. The van der Waals surface area contributed by atoms with E-state index in [1.807, 2.05) is 0 Å². The van der Waals surface area contributed by atoms with Crippen molar-refractivity contribution in [3.8, 4) is 5.75 Å². The number of benzene rings is 1. The Morgan fingerprint density at radius 1 is 1.42 bits per heavy atom. The SMILES string of the molecule is Nc1ccc(OCC2(C(F)(F)F)CC2)c(C(=O)O)c1. The molecule has 3 N–H and O–H groups in total. The van der Waals surface area contributed by atoms with Crippen molar-refractivity contribution in [3.63, 3.8) is 0 Å². The van der Waals surface area contributed by atoms with Crippen LogP contribution >= 0.6 is 0 Å². The average Bonchev–Trinajstić information content (AvgIpc) is 3.07. The second-order valence-electron chi connectivity index (χ2n) is 4.63. The van der Waals surface area contributed by atoms with Gasteiger partial charge < -0.3 is 15.6 Å². The molecule has 1 aromatic carbocycles. The molecule has 0 heterocycles. The molecule has 1 fully saturated rings. The number of carboxylic acid groups (broad SMARTS) is 1. The normalized spacial score (nSPS) is 17.0. The molecular weight excluding hydrogens is 263 g/mol. The molecule has 1 saturated carbocycles. The van der Waals surface area contributed by atoms with E-state index < -0.39 is 24.2 Å². The van der Waals surface area contributed by atoms with Gasteiger partial charge in [0.2, 0.25) is 0 Å². The monoisotopic (exact) mass is 275 g/mol. The number of alkyl halides is 3. The van der Waals surface area contributed by atoms with Crippen LogP contribution in [0.15, 0.2) is 18.2 Å². The summed E-state index contributed by atoms with van der Waals surface area (Å²) in [6.45, 7) is -0.569. The summed E-state index contributed by atoms with van der Waals surface area (Å²) < 4.78 is 43.2. The van der Waals surface area contributed by atoms with E-state index in [1.54, 1.807) is 0 Å².